The predicted molar refractivity (Wildman–Crippen MR) is 114 cm³/mol. The average molecular weight is 534 g/mol. The van der Waals surface area contributed by atoms with Gasteiger partial charge in [-0.1, -0.05) is 18.2 Å². The number of carbonyl (C=O) groups is 1. The highest BCUT2D eigenvalue weighted by molar-refractivity contribution is 7.91. The summed E-state index contributed by atoms with van der Waals surface area (Å²) >= 11 is 0. The molecule has 0 radical (unpaired) electrons. The van der Waals surface area contributed by atoms with E-state index in [2.05, 4.69) is 4.98 Å². The van der Waals surface area contributed by atoms with Gasteiger partial charge in [-0.15, -0.1) is 0 Å². The third-order valence-corrected chi connectivity index (χ3v) is 8.17. The molecule has 1 amide bonds. The van der Waals surface area contributed by atoms with E-state index in [1.165, 1.54) is 24.5 Å². The maximum atomic E-state index is 14.6. The second kappa shape index (κ2) is 9.70. The van der Waals surface area contributed by atoms with Gasteiger partial charge in [-0.2, -0.15) is 27.2 Å². The Morgan fingerprint density at radius 1 is 1.17 bits per heavy atom. The third kappa shape index (κ3) is 5.46. The van der Waals surface area contributed by atoms with Gasteiger partial charge in [0.15, 0.2) is 9.84 Å². The maximum Gasteiger partial charge on any atom is 0.455 e. The number of nitriles is 1. The van der Waals surface area contributed by atoms with Gasteiger partial charge in [0.05, 0.1) is 17.2 Å². The van der Waals surface area contributed by atoms with Crippen LogP contribution in [0, 0.1) is 22.6 Å². The fourth-order valence-corrected chi connectivity index (χ4v) is 6.42. The number of carbonyl (C=O) groups excluding carboxylic acids is 1. The van der Waals surface area contributed by atoms with Crippen LogP contribution >= 0.6 is 0 Å². The number of nitrogens with zero attached hydrogens (tertiary/aromatic N) is 2. The fourth-order valence-electron chi connectivity index (χ4n) is 4.00. The van der Waals surface area contributed by atoms with Crippen LogP contribution in [-0.4, -0.2) is 42.7 Å². The molecule has 7 nitrogen and oxygen atoms in total. The zero-order valence-corrected chi connectivity index (χ0v) is 19.2. The summed E-state index contributed by atoms with van der Waals surface area (Å²) in [6.07, 6.45) is -3.71. The second-order valence-electron chi connectivity index (χ2n) is 8.51. The van der Waals surface area contributed by atoms with Crippen molar-refractivity contribution in [3.05, 3.63) is 65.7 Å². The molecule has 1 aliphatic carbocycles. The number of amides is 1. The highest BCUT2D eigenvalue weighted by Crippen LogP contribution is 2.53. The van der Waals surface area contributed by atoms with Crippen molar-refractivity contribution >= 4 is 15.7 Å². The van der Waals surface area contributed by atoms with Crippen molar-refractivity contribution in [2.45, 2.75) is 48.0 Å². The van der Waals surface area contributed by atoms with Gasteiger partial charge in [-0.3, -0.25) is 15.1 Å². The summed E-state index contributed by atoms with van der Waals surface area (Å²) in [6, 6.07) is 1.74. The molecule has 3 rings (SSSR count). The molecule has 0 aliphatic heterocycles. The first-order chi connectivity index (χ1) is 16.6. The molecule has 14 heteroatoms. The molecule has 0 bridgehead atoms. The molecule has 0 saturated heterocycles. The molecule has 1 aromatic carbocycles. The van der Waals surface area contributed by atoms with Gasteiger partial charge >= 0.3 is 12.1 Å². The van der Waals surface area contributed by atoms with Crippen LogP contribution in [0.25, 0.3) is 0 Å². The van der Waals surface area contributed by atoms with Crippen LogP contribution < -0.4 is 11.1 Å². The van der Waals surface area contributed by atoms with E-state index < -0.39 is 67.7 Å². The van der Waals surface area contributed by atoms with Crippen molar-refractivity contribution < 1.29 is 39.6 Å². The highest BCUT2D eigenvalue weighted by atomic mass is 32.2. The van der Waals surface area contributed by atoms with Crippen LogP contribution in [0.15, 0.2) is 48.8 Å². The highest BCUT2D eigenvalue weighted by Gasteiger charge is 2.65. The largest absolute Gasteiger partial charge is 0.455 e. The van der Waals surface area contributed by atoms with Crippen LogP contribution in [0.2, 0.25) is 0 Å². The Kier molecular flexibility index (Phi) is 7.39. The summed E-state index contributed by atoms with van der Waals surface area (Å²) in [4.78, 5) is 16.2. The van der Waals surface area contributed by atoms with Gasteiger partial charge in [0.1, 0.15) is 23.2 Å². The Balaban J connectivity index is 2.12. The average Bonchev–Trinajstić information content (AvgIpc) is 3.57. The summed E-state index contributed by atoms with van der Waals surface area (Å²) in [5, 5.41) is 9.42. The quantitative estimate of drug-likeness (QED) is 0.451. The van der Waals surface area contributed by atoms with Gasteiger partial charge in [-0.25, -0.2) is 12.8 Å². The lowest BCUT2D eigenvalue weighted by atomic mass is 9.93. The Bertz CT molecular complexity index is 1240. The number of rotatable bonds is 10. The standard InChI is InChI=1S/C22H20F6N4O3S/c23-15-5-3-14(4-6-15)17(21(24,25)22(26,27)28)32-16(19(30)33)18(20(12-29)7-8-20)36(34,35)11-13-2-1-9-31-10-13/h1-6,9-10,16-18,32H,7-8,11H2,(H2,30,33)/t16?,17-,18?/m1/s1. The Labute approximate surface area is 202 Å². The van der Waals surface area contributed by atoms with Crippen molar-refractivity contribution in [1.29, 1.82) is 5.26 Å². The minimum absolute atomic E-state index is 0.0528. The van der Waals surface area contributed by atoms with Gasteiger partial charge < -0.3 is 5.73 Å². The van der Waals surface area contributed by atoms with E-state index in [9.17, 15) is 44.8 Å². The molecular formula is C22H20F6N4O3S. The van der Waals surface area contributed by atoms with Gasteiger partial charge in [0, 0.05) is 12.4 Å². The number of alkyl halides is 5. The summed E-state index contributed by atoms with van der Waals surface area (Å²) in [5.74, 6) is -8.81. The molecule has 36 heavy (non-hydrogen) atoms. The number of sulfone groups is 1. The monoisotopic (exact) mass is 534 g/mol. The number of aromatic nitrogens is 1. The first-order valence-electron chi connectivity index (χ1n) is 10.4. The Hall–Kier alpha value is -3.18. The Morgan fingerprint density at radius 2 is 1.78 bits per heavy atom. The molecule has 1 aromatic heterocycles. The lowest BCUT2D eigenvalue weighted by Gasteiger charge is -2.36. The lowest BCUT2D eigenvalue weighted by molar-refractivity contribution is -0.295. The summed E-state index contributed by atoms with van der Waals surface area (Å²) in [6.45, 7) is 0. The maximum absolute atomic E-state index is 14.6. The number of nitrogens with one attached hydrogen (secondary N) is 1. The summed E-state index contributed by atoms with van der Waals surface area (Å²) in [5.41, 5.74) is 2.95. The number of pyridine rings is 1. The van der Waals surface area contributed by atoms with Crippen LogP contribution in [-0.2, 0) is 20.4 Å². The third-order valence-electron chi connectivity index (χ3n) is 5.93. The van der Waals surface area contributed by atoms with E-state index in [1.54, 1.807) is 11.4 Å². The summed E-state index contributed by atoms with van der Waals surface area (Å²) in [7, 11) is -4.55. The molecule has 3 N–H and O–H groups in total. The fraction of sp³-hybridized carbons (Fsp3) is 0.409. The molecule has 1 saturated carbocycles. The molecule has 1 aliphatic rings. The predicted octanol–water partition coefficient (Wildman–Crippen LogP) is 3.19. The first kappa shape index (κ1) is 27.4. The number of nitrogens with two attached hydrogens (primary N) is 1. The Morgan fingerprint density at radius 3 is 2.22 bits per heavy atom. The molecule has 2 aromatic rings. The number of hydrogen-bond donors (Lipinski definition) is 2. The van der Waals surface area contributed by atoms with E-state index in [0.717, 1.165) is 0 Å². The zero-order valence-electron chi connectivity index (χ0n) is 18.3. The van der Waals surface area contributed by atoms with E-state index in [1.807, 2.05) is 0 Å². The van der Waals surface area contributed by atoms with Crippen molar-refractivity contribution in [3.63, 3.8) is 0 Å². The summed E-state index contributed by atoms with van der Waals surface area (Å²) < 4.78 is 110. The number of benzene rings is 1. The molecule has 2 unspecified atom stereocenters. The second-order valence-corrected chi connectivity index (χ2v) is 10.6. The molecular weight excluding hydrogens is 514 g/mol. The molecule has 1 heterocycles. The molecule has 194 valence electrons. The number of halogens is 6. The van der Waals surface area contributed by atoms with Gasteiger partial charge in [-0.05, 0) is 42.2 Å². The number of primary amides is 1. The SMILES string of the molecule is N#CC1(C(C(N[C@H](c2ccc(F)cc2)C(F)(F)C(F)(F)F)C(N)=O)S(=O)(=O)Cc2cccnc2)CC1. The van der Waals surface area contributed by atoms with E-state index in [0.29, 0.717) is 24.3 Å². The minimum Gasteiger partial charge on any atom is -0.368 e. The van der Waals surface area contributed by atoms with E-state index >= 15 is 0 Å². The van der Waals surface area contributed by atoms with E-state index in [4.69, 9.17) is 5.73 Å². The first-order valence-corrected chi connectivity index (χ1v) is 12.1. The molecule has 1 fully saturated rings. The zero-order chi connectivity index (χ0) is 26.9. The van der Waals surface area contributed by atoms with Crippen LogP contribution in [0.3, 0.4) is 0 Å². The normalized spacial score (nSPS) is 18.0. The molecule has 0 spiro atoms. The van der Waals surface area contributed by atoms with Crippen molar-refractivity contribution in [2.24, 2.45) is 11.1 Å². The lowest BCUT2D eigenvalue weighted by Crippen LogP contribution is -2.60. The topological polar surface area (TPSA) is 126 Å². The van der Waals surface area contributed by atoms with Crippen molar-refractivity contribution in [1.82, 2.24) is 10.3 Å². The van der Waals surface area contributed by atoms with E-state index in [-0.39, 0.29) is 18.4 Å². The minimum atomic E-state index is -6.14. The molecule has 3 atom stereocenters. The van der Waals surface area contributed by atoms with Crippen LogP contribution in [0.1, 0.15) is 30.0 Å². The van der Waals surface area contributed by atoms with Crippen LogP contribution in [0.4, 0.5) is 26.3 Å². The van der Waals surface area contributed by atoms with Gasteiger partial charge in [0.2, 0.25) is 5.91 Å². The van der Waals surface area contributed by atoms with Crippen molar-refractivity contribution in [2.75, 3.05) is 0 Å². The number of hydrogen-bond acceptors (Lipinski definition) is 6. The van der Waals surface area contributed by atoms with Crippen molar-refractivity contribution in [3.8, 4) is 6.07 Å². The van der Waals surface area contributed by atoms with Crippen LogP contribution in [0.5, 0.6) is 0 Å². The smallest absolute Gasteiger partial charge is 0.368 e. The van der Waals surface area contributed by atoms with Gasteiger partial charge in [0.25, 0.3) is 0 Å².